The fraction of sp³-hybridized carbons (Fsp3) is 0.294. The van der Waals surface area contributed by atoms with Crippen LogP contribution in [0, 0.1) is 0 Å². The third kappa shape index (κ3) is 3.03. The van der Waals surface area contributed by atoms with Gasteiger partial charge in [-0.3, -0.25) is 9.69 Å². The van der Waals surface area contributed by atoms with Crippen LogP contribution in [0.2, 0.25) is 0 Å². The Morgan fingerprint density at radius 2 is 1.88 bits per heavy atom. The van der Waals surface area contributed by atoms with Crippen LogP contribution >= 0.6 is 27.3 Å². The van der Waals surface area contributed by atoms with E-state index in [1.807, 2.05) is 11.4 Å². The Bertz CT molecular complexity index is 878. The van der Waals surface area contributed by atoms with Gasteiger partial charge in [-0.1, -0.05) is 12.1 Å². The molecule has 1 aromatic carbocycles. The van der Waals surface area contributed by atoms with Gasteiger partial charge < -0.3 is 5.73 Å². The van der Waals surface area contributed by atoms with E-state index in [0.29, 0.717) is 5.56 Å². The zero-order valence-electron chi connectivity index (χ0n) is 13.8. The molecular weight excluding hydrogens is 431 g/mol. The van der Waals surface area contributed by atoms with E-state index in [9.17, 15) is 18.0 Å². The SMILES string of the molecule is CN1C(=O)[C@@H](c2ccc(C(F)(F)F)cc2)[C@@](C)(c2sccc2Br)N=C1N. The summed E-state index contributed by atoms with van der Waals surface area (Å²) >= 11 is 4.86. The highest BCUT2D eigenvalue weighted by molar-refractivity contribution is 9.10. The van der Waals surface area contributed by atoms with Gasteiger partial charge in [0.05, 0.1) is 11.5 Å². The molecular formula is C17H15BrF3N3OS. The molecule has 1 amide bonds. The van der Waals surface area contributed by atoms with E-state index in [0.717, 1.165) is 21.5 Å². The van der Waals surface area contributed by atoms with Gasteiger partial charge in [0.25, 0.3) is 0 Å². The number of likely N-dealkylation sites (N-methyl/N-ethyl adjacent to an activating group) is 1. The molecule has 0 bridgehead atoms. The molecule has 0 saturated heterocycles. The van der Waals surface area contributed by atoms with Gasteiger partial charge in [0.2, 0.25) is 5.91 Å². The van der Waals surface area contributed by atoms with Crippen LogP contribution in [0.25, 0.3) is 0 Å². The lowest BCUT2D eigenvalue weighted by atomic mass is 9.77. The number of halogens is 4. The maximum atomic E-state index is 13.0. The van der Waals surface area contributed by atoms with E-state index in [-0.39, 0.29) is 11.9 Å². The van der Waals surface area contributed by atoms with Crippen LogP contribution in [0.5, 0.6) is 0 Å². The van der Waals surface area contributed by atoms with Crippen LogP contribution in [0.1, 0.15) is 28.8 Å². The Balaban J connectivity index is 2.16. The molecule has 1 aliphatic rings. The number of nitrogens with two attached hydrogens (primary N) is 1. The quantitative estimate of drug-likeness (QED) is 0.748. The third-order valence-electron chi connectivity index (χ3n) is 4.48. The van der Waals surface area contributed by atoms with Crippen LogP contribution in [0.3, 0.4) is 0 Å². The number of nitrogens with zero attached hydrogens (tertiary/aromatic N) is 2. The summed E-state index contributed by atoms with van der Waals surface area (Å²) in [7, 11) is 1.50. The van der Waals surface area contributed by atoms with Crippen molar-refractivity contribution >= 4 is 39.1 Å². The normalized spacial score (nSPS) is 23.9. The van der Waals surface area contributed by atoms with E-state index in [1.54, 1.807) is 6.92 Å². The van der Waals surface area contributed by atoms with E-state index in [2.05, 4.69) is 20.9 Å². The highest BCUT2D eigenvalue weighted by Crippen LogP contribution is 2.48. The molecule has 2 atom stereocenters. The summed E-state index contributed by atoms with van der Waals surface area (Å²) < 4.78 is 39.4. The number of amides is 1. The fourth-order valence-electron chi connectivity index (χ4n) is 3.09. The Morgan fingerprint density at radius 3 is 2.38 bits per heavy atom. The van der Waals surface area contributed by atoms with Gasteiger partial charge >= 0.3 is 6.18 Å². The number of thiophene rings is 1. The highest BCUT2D eigenvalue weighted by atomic mass is 79.9. The van der Waals surface area contributed by atoms with Crippen molar-refractivity contribution in [2.45, 2.75) is 24.6 Å². The predicted molar refractivity (Wildman–Crippen MR) is 97.9 cm³/mol. The van der Waals surface area contributed by atoms with Crippen molar-refractivity contribution in [3.05, 3.63) is 56.2 Å². The van der Waals surface area contributed by atoms with Gasteiger partial charge in [-0.15, -0.1) is 11.3 Å². The summed E-state index contributed by atoms with van der Waals surface area (Å²) in [5.41, 5.74) is 4.58. The topological polar surface area (TPSA) is 58.7 Å². The Labute approximate surface area is 160 Å². The summed E-state index contributed by atoms with van der Waals surface area (Å²) in [5.74, 6) is -1.04. The fourth-order valence-corrected chi connectivity index (χ4v) is 5.00. The number of carbonyl (C=O) groups excluding carboxylic acids is 1. The van der Waals surface area contributed by atoms with Gasteiger partial charge in [0, 0.05) is 16.4 Å². The molecule has 0 fully saturated rings. The highest BCUT2D eigenvalue weighted by Gasteiger charge is 2.48. The lowest BCUT2D eigenvalue weighted by Crippen LogP contribution is -2.52. The van der Waals surface area contributed by atoms with Crippen LogP contribution in [-0.4, -0.2) is 23.8 Å². The number of alkyl halides is 3. The molecule has 2 heterocycles. The standard InChI is InChI=1S/C17H15BrF3N3OS/c1-16(13-11(18)7-8-26-13)12(14(25)24(2)15(22)23-16)9-3-5-10(6-4-9)17(19,20)21/h3-8,12H,1-2H3,(H2,22,23)/t12-,16+/m1/s1. The van der Waals surface area contributed by atoms with Crippen molar-refractivity contribution in [1.82, 2.24) is 4.90 Å². The number of hydrogen-bond acceptors (Lipinski definition) is 4. The molecule has 2 aromatic rings. The molecule has 0 radical (unpaired) electrons. The maximum absolute atomic E-state index is 13.0. The molecule has 1 aromatic heterocycles. The smallest absolute Gasteiger partial charge is 0.369 e. The molecule has 1 aliphatic heterocycles. The predicted octanol–water partition coefficient (Wildman–Crippen LogP) is 4.32. The summed E-state index contributed by atoms with van der Waals surface area (Å²) in [5, 5.41) is 1.85. The maximum Gasteiger partial charge on any atom is 0.416 e. The third-order valence-corrected chi connectivity index (χ3v) is 6.54. The molecule has 138 valence electrons. The van der Waals surface area contributed by atoms with Crippen LogP contribution in [0.4, 0.5) is 13.2 Å². The lowest BCUT2D eigenvalue weighted by molar-refractivity contribution is -0.137. The number of hydrogen-bond donors (Lipinski definition) is 1. The number of guanidine groups is 1. The lowest BCUT2D eigenvalue weighted by Gasteiger charge is -2.40. The number of benzene rings is 1. The molecule has 0 spiro atoms. The second-order valence-corrected chi connectivity index (χ2v) is 7.94. The van der Waals surface area contributed by atoms with Gasteiger partial charge in [0.1, 0.15) is 5.54 Å². The van der Waals surface area contributed by atoms with Crippen molar-refractivity contribution in [2.24, 2.45) is 10.7 Å². The van der Waals surface area contributed by atoms with Gasteiger partial charge in [-0.2, -0.15) is 13.2 Å². The van der Waals surface area contributed by atoms with Crippen LogP contribution in [0.15, 0.2) is 45.2 Å². The summed E-state index contributed by atoms with van der Waals surface area (Å²) in [6.07, 6.45) is -4.44. The van der Waals surface area contributed by atoms with Crippen LogP contribution < -0.4 is 5.73 Å². The van der Waals surface area contributed by atoms with E-state index in [1.165, 1.54) is 35.4 Å². The van der Waals surface area contributed by atoms with Crippen molar-refractivity contribution in [3.63, 3.8) is 0 Å². The minimum atomic E-state index is -4.44. The van der Waals surface area contributed by atoms with Gasteiger partial charge in [0.15, 0.2) is 5.96 Å². The summed E-state index contributed by atoms with van der Waals surface area (Å²) in [6.45, 7) is 1.77. The second-order valence-electron chi connectivity index (χ2n) is 6.17. The Kier molecular flexibility index (Phi) is 4.64. The van der Waals surface area contributed by atoms with E-state index in [4.69, 9.17) is 5.73 Å². The van der Waals surface area contributed by atoms with Gasteiger partial charge in [-0.25, -0.2) is 4.99 Å². The first kappa shape index (κ1) is 18.9. The van der Waals surface area contributed by atoms with Crippen molar-refractivity contribution in [2.75, 3.05) is 7.05 Å². The van der Waals surface area contributed by atoms with Crippen LogP contribution in [-0.2, 0) is 16.5 Å². The first-order valence-electron chi connectivity index (χ1n) is 7.59. The number of aliphatic imine (C=N–C) groups is 1. The minimum Gasteiger partial charge on any atom is -0.369 e. The molecule has 3 rings (SSSR count). The largest absolute Gasteiger partial charge is 0.416 e. The van der Waals surface area contributed by atoms with E-state index < -0.39 is 23.2 Å². The van der Waals surface area contributed by atoms with E-state index >= 15 is 0 Å². The number of carbonyl (C=O) groups is 1. The first-order chi connectivity index (χ1) is 12.1. The molecule has 4 nitrogen and oxygen atoms in total. The molecule has 0 unspecified atom stereocenters. The summed E-state index contributed by atoms with van der Waals surface area (Å²) in [6, 6.07) is 6.46. The first-order valence-corrected chi connectivity index (χ1v) is 9.26. The van der Waals surface area contributed by atoms with Crippen molar-refractivity contribution in [1.29, 1.82) is 0 Å². The molecule has 26 heavy (non-hydrogen) atoms. The number of rotatable bonds is 2. The minimum absolute atomic E-state index is 0.0703. The van der Waals surface area contributed by atoms with Crippen molar-refractivity contribution in [3.8, 4) is 0 Å². The zero-order chi connectivity index (χ0) is 19.3. The average molecular weight is 446 g/mol. The zero-order valence-corrected chi connectivity index (χ0v) is 16.2. The summed E-state index contributed by atoms with van der Waals surface area (Å²) in [4.78, 5) is 19.5. The monoisotopic (exact) mass is 445 g/mol. The molecule has 0 aliphatic carbocycles. The Hall–Kier alpha value is -1.87. The second kappa shape index (κ2) is 6.38. The average Bonchev–Trinajstić information content (AvgIpc) is 2.99. The molecule has 2 N–H and O–H groups in total. The molecule has 0 saturated carbocycles. The van der Waals surface area contributed by atoms with Crippen molar-refractivity contribution < 1.29 is 18.0 Å². The molecule has 9 heteroatoms. The van der Waals surface area contributed by atoms with Gasteiger partial charge in [-0.05, 0) is 52.0 Å². The Morgan fingerprint density at radius 1 is 1.27 bits per heavy atom.